The van der Waals surface area contributed by atoms with Crippen LogP contribution in [0.5, 0.6) is 5.75 Å². The van der Waals surface area contributed by atoms with Gasteiger partial charge in [-0.2, -0.15) is 5.10 Å². The van der Waals surface area contributed by atoms with Gasteiger partial charge in [-0.1, -0.05) is 67.9 Å². The molecule has 4 aromatic rings. The van der Waals surface area contributed by atoms with Crippen molar-refractivity contribution >= 4 is 29.2 Å². The van der Waals surface area contributed by atoms with Crippen LogP contribution in [0.25, 0.3) is 16.9 Å². The molecule has 0 spiro atoms. The van der Waals surface area contributed by atoms with E-state index in [0.717, 1.165) is 5.56 Å². The normalized spacial score (nSPS) is 10.8. The van der Waals surface area contributed by atoms with E-state index < -0.39 is 0 Å². The first-order valence-electron chi connectivity index (χ1n) is 12.0. The van der Waals surface area contributed by atoms with Gasteiger partial charge in [0.1, 0.15) is 18.1 Å². The fourth-order valence-corrected chi connectivity index (χ4v) is 4.17. The zero-order valence-corrected chi connectivity index (χ0v) is 21.8. The molecule has 8 heteroatoms. The highest BCUT2D eigenvalue weighted by molar-refractivity contribution is 6.32. The number of aromatic nitrogens is 2. The number of amides is 2. The lowest BCUT2D eigenvalue weighted by atomic mass is 10.1. The molecule has 0 aliphatic heterocycles. The Morgan fingerprint density at radius 3 is 2.32 bits per heavy atom. The molecule has 1 aromatic heterocycles. The number of hydrogen-bond acceptors (Lipinski definition) is 4. The molecule has 4 rings (SSSR count). The summed E-state index contributed by atoms with van der Waals surface area (Å²) in [6, 6.07) is 25.6. The minimum atomic E-state index is -0.338. The predicted molar refractivity (Wildman–Crippen MR) is 146 cm³/mol. The highest BCUT2D eigenvalue weighted by Crippen LogP contribution is 2.28. The molecular formula is C29H29ClN4O3. The van der Waals surface area contributed by atoms with Crippen LogP contribution in [0.2, 0.25) is 5.02 Å². The SMILES string of the molecule is COc1ccc(C(=O)N(CC(=O)Nc2cc(-c3ccccc3)nn2-c2ccccc2Cl)CC(C)C)cc1. The molecule has 2 amide bonds. The van der Waals surface area contributed by atoms with Crippen molar-refractivity contribution in [1.82, 2.24) is 14.7 Å². The van der Waals surface area contributed by atoms with Crippen LogP contribution < -0.4 is 10.1 Å². The van der Waals surface area contributed by atoms with E-state index in [1.54, 1.807) is 53.1 Å². The van der Waals surface area contributed by atoms with Gasteiger partial charge in [-0.3, -0.25) is 9.59 Å². The van der Waals surface area contributed by atoms with Crippen molar-refractivity contribution in [2.75, 3.05) is 25.5 Å². The number of methoxy groups -OCH3 is 1. The third-order valence-electron chi connectivity index (χ3n) is 5.67. The fourth-order valence-electron chi connectivity index (χ4n) is 3.96. The van der Waals surface area contributed by atoms with Crippen molar-refractivity contribution in [2.45, 2.75) is 13.8 Å². The number of carbonyl (C=O) groups is 2. The first kappa shape index (κ1) is 26.0. The van der Waals surface area contributed by atoms with Gasteiger partial charge in [0, 0.05) is 23.7 Å². The third-order valence-corrected chi connectivity index (χ3v) is 5.99. The number of para-hydroxylation sites is 1. The van der Waals surface area contributed by atoms with Crippen molar-refractivity contribution < 1.29 is 14.3 Å². The van der Waals surface area contributed by atoms with Crippen LogP contribution in [-0.4, -0.2) is 46.7 Å². The van der Waals surface area contributed by atoms with Crippen molar-refractivity contribution in [3.63, 3.8) is 0 Å². The van der Waals surface area contributed by atoms with E-state index >= 15 is 0 Å². The zero-order valence-electron chi connectivity index (χ0n) is 21.0. The Bertz CT molecular complexity index is 1370. The summed E-state index contributed by atoms with van der Waals surface area (Å²) in [6.45, 7) is 4.32. The molecule has 0 aliphatic carbocycles. The molecular weight excluding hydrogens is 488 g/mol. The maximum Gasteiger partial charge on any atom is 0.254 e. The lowest BCUT2D eigenvalue weighted by Gasteiger charge is -2.24. The second kappa shape index (κ2) is 11.8. The maximum atomic E-state index is 13.3. The number of rotatable bonds is 9. The molecule has 1 N–H and O–H groups in total. The zero-order chi connectivity index (χ0) is 26.4. The van der Waals surface area contributed by atoms with Gasteiger partial charge in [0.2, 0.25) is 5.91 Å². The Morgan fingerprint density at radius 2 is 1.68 bits per heavy atom. The first-order valence-corrected chi connectivity index (χ1v) is 12.4. The summed E-state index contributed by atoms with van der Waals surface area (Å²) >= 11 is 6.46. The van der Waals surface area contributed by atoms with E-state index in [-0.39, 0.29) is 24.3 Å². The molecule has 0 aliphatic rings. The summed E-state index contributed by atoms with van der Waals surface area (Å²) in [5.41, 5.74) is 2.71. The molecule has 0 fully saturated rings. The van der Waals surface area contributed by atoms with Crippen LogP contribution in [0.4, 0.5) is 5.82 Å². The number of anilines is 1. The Kier molecular flexibility index (Phi) is 8.25. The van der Waals surface area contributed by atoms with Crippen LogP contribution in [0, 0.1) is 5.92 Å². The summed E-state index contributed by atoms with van der Waals surface area (Å²) in [6.07, 6.45) is 0. The number of halogens is 1. The predicted octanol–water partition coefficient (Wildman–Crippen LogP) is 5.94. The molecule has 0 saturated carbocycles. The van der Waals surface area contributed by atoms with Crippen LogP contribution in [0.15, 0.2) is 84.9 Å². The number of hydrogen-bond donors (Lipinski definition) is 1. The van der Waals surface area contributed by atoms with Gasteiger partial charge in [0.05, 0.1) is 23.5 Å². The lowest BCUT2D eigenvalue weighted by molar-refractivity contribution is -0.117. The van der Waals surface area contributed by atoms with Gasteiger partial charge in [-0.25, -0.2) is 4.68 Å². The van der Waals surface area contributed by atoms with Gasteiger partial charge < -0.3 is 15.0 Å². The minimum absolute atomic E-state index is 0.114. The Hall–Kier alpha value is -4.10. The number of benzene rings is 3. The van der Waals surface area contributed by atoms with Crippen molar-refractivity contribution in [1.29, 1.82) is 0 Å². The van der Waals surface area contributed by atoms with Crippen molar-refractivity contribution in [3.8, 4) is 22.7 Å². The fraction of sp³-hybridized carbons (Fsp3) is 0.207. The second-order valence-electron chi connectivity index (χ2n) is 9.00. The Morgan fingerprint density at radius 1 is 1.00 bits per heavy atom. The minimum Gasteiger partial charge on any atom is -0.497 e. The molecule has 3 aromatic carbocycles. The number of nitrogens with zero attached hydrogens (tertiary/aromatic N) is 3. The van der Waals surface area contributed by atoms with Gasteiger partial charge in [0.15, 0.2) is 0 Å². The molecule has 37 heavy (non-hydrogen) atoms. The molecule has 0 unspecified atom stereocenters. The molecule has 7 nitrogen and oxygen atoms in total. The molecule has 0 atom stereocenters. The summed E-state index contributed by atoms with van der Waals surface area (Å²) in [4.78, 5) is 28.1. The number of carbonyl (C=O) groups excluding carboxylic acids is 2. The molecule has 190 valence electrons. The van der Waals surface area contributed by atoms with E-state index in [4.69, 9.17) is 21.4 Å². The topological polar surface area (TPSA) is 76.5 Å². The molecule has 1 heterocycles. The summed E-state index contributed by atoms with van der Waals surface area (Å²) in [5.74, 6) is 0.727. The van der Waals surface area contributed by atoms with Gasteiger partial charge >= 0.3 is 0 Å². The molecule has 0 bridgehead atoms. The van der Waals surface area contributed by atoms with E-state index in [1.165, 1.54) is 0 Å². The van der Waals surface area contributed by atoms with E-state index in [2.05, 4.69) is 5.32 Å². The standard InChI is InChI=1S/C29H29ClN4O3/c1-20(2)18-33(29(36)22-13-15-23(37-3)16-14-22)19-28(35)31-27-17-25(21-9-5-4-6-10-21)32-34(27)26-12-8-7-11-24(26)30/h4-17,20H,18-19H2,1-3H3,(H,31,35). The highest BCUT2D eigenvalue weighted by Gasteiger charge is 2.22. The number of ether oxygens (including phenoxy) is 1. The first-order chi connectivity index (χ1) is 17.9. The van der Waals surface area contributed by atoms with Crippen LogP contribution >= 0.6 is 11.6 Å². The Balaban J connectivity index is 1.61. The van der Waals surface area contributed by atoms with Crippen LogP contribution in [0.3, 0.4) is 0 Å². The number of nitrogens with one attached hydrogen (secondary N) is 1. The van der Waals surface area contributed by atoms with Gasteiger partial charge in [-0.15, -0.1) is 0 Å². The molecule has 0 saturated heterocycles. The summed E-state index contributed by atoms with van der Waals surface area (Å²) < 4.78 is 6.80. The lowest BCUT2D eigenvalue weighted by Crippen LogP contribution is -2.40. The average Bonchev–Trinajstić information content (AvgIpc) is 3.31. The smallest absolute Gasteiger partial charge is 0.254 e. The average molecular weight is 517 g/mol. The molecule has 0 radical (unpaired) electrons. The second-order valence-corrected chi connectivity index (χ2v) is 9.41. The Labute approximate surface area is 221 Å². The highest BCUT2D eigenvalue weighted by atomic mass is 35.5. The third kappa shape index (κ3) is 6.37. The van der Waals surface area contributed by atoms with Crippen molar-refractivity contribution in [3.05, 3.63) is 95.5 Å². The van der Waals surface area contributed by atoms with Gasteiger partial charge in [-0.05, 0) is 42.3 Å². The summed E-state index contributed by atoms with van der Waals surface area (Å²) in [7, 11) is 1.57. The monoisotopic (exact) mass is 516 g/mol. The van der Waals surface area contributed by atoms with Crippen LogP contribution in [-0.2, 0) is 4.79 Å². The van der Waals surface area contributed by atoms with Crippen LogP contribution in [0.1, 0.15) is 24.2 Å². The van der Waals surface area contributed by atoms with Crippen molar-refractivity contribution in [2.24, 2.45) is 5.92 Å². The maximum absolute atomic E-state index is 13.3. The summed E-state index contributed by atoms with van der Waals surface area (Å²) in [5, 5.41) is 8.16. The van der Waals surface area contributed by atoms with E-state index in [0.29, 0.717) is 40.1 Å². The van der Waals surface area contributed by atoms with E-state index in [1.807, 2.05) is 62.4 Å². The van der Waals surface area contributed by atoms with Gasteiger partial charge in [0.25, 0.3) is 5.91 Å². The quantitative estimate of drug-likeness (QED) is 0.299. The van der Waals surface area contributed by atoms with E-state index in [9.17, 15) is 9.59 Å². The largest absolute Gasteiger partial charge is 0.497 e.